The first-order valence-corrected chi connectivity index (χ1v) is 10.4. The largest absolute Gasteiger partial charge is 0.369 e. The van der Waals surface area contributed by atoms with Crippen molar-refractivity contribution in [1.82, 2.24) is 9.80 Å². The molecule has 0 aromatic heterocycles. The Labute approximate surface area is 180 Å². The van der Waals surface area contributed by atoms with Crippen LogP contribution < -0.4 is 4.90 Å². The lowest BCUT2D eigenvalue weighted by Crippen LogP contribution is -2.46. The third-order valence-electron chi connectivity index (χ3n) is 5.27. The molecule has 0 unspecified atom stereocenters. The first-order valence-electron chi connectivity index (χ1n) is 9.43. The van der Waals surface area contributed by atoms with Gasteiger partial charge in [0, 0.05) is 38.4 Å². The lowest BCUT2D eigenvalue weighted by atomic mass is 10.1. The molecule has 154 valence electrons. The first kappa shape index (κ1) is 24.4. The number of unbranched alkanes of at least 4 members (excludes halogenated alkanes) is 1. The Hall–Kier alpha value is -0.620. The third kappa shape index (κ3) is 6.45. The highest BCUT2D eigenvalue weighted by molar-refractivity contribution is 8.01. The number of aryl methyl sites for hydroxylation is 1. The van der Waals surface area contributed by atoms with E-state index in [9.17, 15) is 4.79 Å². The van der Waals surface area contributed by atoms with Crippen LogP contribution in [0.2, 0.25) is 0 Å². The quantitative estimate of drug-likeness (QED) is 0.632. The Morgan fingerprint density at radius 3 is 2.30 bits per heavy atom. The number of nitrogens with zero attached hydrogens (tertiary/aromatic N) is 3. The van der Waals surface area contributed by atoms with Gasteiger partial charge in [0.25, 0.3) is 0 Å². The number of amides is 1. The number of anilines is 1. The van der Waals surface area contributed by atoms with Crippen molar-refractivity contribution in [3.05, 3.63) is 29.8 Å². The van der Waals surface area contributed by atoms with E-state index in [1.54, 1.807) is 11.8 Å². The summed E-state index contributed by atoms with van der Waals surface area (Å²) in [7, 11) is 0. The maximum absolute atomic E-state index is 12.2. The summed E-state index contributed by atoms with van der Waals surface area (Å²) in [5, 5.41) is 0. The summed E-state index contributed by atoms with van der Waals surface area (Å²) in [5.74, 6) is 1.17. The van der Waals surface area contributed by atoms with Crippen LogP contribution in [0, 0.1) is 6.92 Å². The predicted molar refractivity (Wildman–Crippen MR) is 122 cm³/mol. The molecule has 27 heavy (non-hydrogen) atoms. The normalized spacial score (nSPS) is 19.6. The molecule has 0 bridgehead atoms. The topological polar surface area (TPSA) is 26.8 Å². The first-order chi connectivity index (χ1) is 12.0. The molecule has 1 amide bonds. The minimum absolute atomic E-state index is 0. The average molecular weight is 434 g/mol. The van der Waals surface area contributed by atoms with Crippen molar-refractivity contribution in [3.63, 3.8) is 0 Å². The number of hydrogen-bond donors (Lipinski definition) is 0. The fourth-order valence-electron chi connectivity index (χ4n) is 3.60. The Balaban J connectivity index is 0.00000182. The molecule has 0 atom stereocenters. The second kappa shape index (κ2) is 10.8. The molecule has 0 saturated carbocycles. The van der Waals surface area contributed by atoms with Gasteiger partial charge < -0.3 is 9.80 Å². The van der Waals surface area contributed by atoms with Crippen molar-refractivity contribution < 1.29 is 4.79 Å². The van der Waals surface area contributed by atoms with E-state index in [0.717, 1.165) is 51.6 Å². The molecule has 0 radical (unpaired) electrons. The molecule has 0 spiro atoms. The summed E-state index contributed by atoms with van der Waals surface area (Å²) in [6.45, 7) is 12.8. The summed E-state index contributed by atoms with van der Waals surface area (Å²) in [4.78, 5) is 19.3. The third-order valence-corrected chi connectivity index (χ3v) is 6.61. The standard InChI is InChI=1S/C20H31N3OS.2ClH/c1-17-7-6-8-18(15-17)22-13-11-21(12-14-22)9-4-5-10-23-16-25-20(2,3)19(23)24;;/h6-8,15H,4-5,9-14,16H2,1-3H3;2*1H. The molecule has 2 fully saturated rings. The molecule has 3 rings (SSSR count). The van der Waals surface area contributed by atoms with E-state index < -0.39 is 0 Å². The van der Waals surface area contributed by atoms with Crippen LogP contribution in [0.1, 0.15) is 32.3 Å². The van der Waals surface area contributed by atoms with Gasteiger partial charge in [-0.25, -0.2) is 0 Å². The predicted octanol–water partition coefficient (Wildman–Crippen LogP) is 4.05. The Morgan fingerprint density at radius 2 is 1.70 bits per heavy atom. The molecular weight excluding hydrogens is 401 g/mol. The maximum Gasteiger partial charge on any atom is 0.238 e. The Kier molecular flexibility index (Phi) is 9.76. The summed E-state index contributed by atoms with van der Waals surface area (Å²) in [6, 6.07) is 8.80. The fraction of sp³-hybridized carbons (Fsp3) is 0.650. The molecule has 0 N–H and O–H groups in total. The smallest absolute Gasteiger partial charge is 0.238 e. The molecule has 2 aliphatic heterocycles. The van der Waals surface area contributed by atoms with Crippen LogP contribution in [0.15, 0.2) is 24.3 Å². The zero-order valence-corrected chi connectivity index (χ0v) is 19.1. The van der Waals surface area contributed by atoms with Crippen LogP contribution >= 0.6 is 36.6 Å². The highest BCUT2D eigenvalue weighted by Gasteiger charge is 2.38. The van der Waals surface area contributed by atoms with Crippen LogP contribution in [0.5, 0.6) is 0 Å². The molecular formula is C20H33Cl2N3OS. The minimum Gasteiger partial charge on any atom is -0.369 e. The van der Waals surface area contributed by atoms with E-state index >= 15 is 0 Å². The summed E-state index contributed by atoms with van der Waals surface area (Å²) >= 11 is 1.76. The molecule has 1 aromatic rings. The molecule has 7 heteroatoms. The van der Waals surface area contributed by atoms with Crippen molar-refractivity contribution in [2.24, 2.45) is 0 Å². The maximum atomic E-state index is 12.2. The fourth-order valence-corrected chi connectivity index (χ4v) is 4.58. The van der Waals surface area contributed by atoms with Gasteiger partial charge in [-0.05, 0) is 57.9 Å². The summed E-state index contributed by atoms with van der Waals surface area (Å²) < 4.78 is -0.216. The lowest BCUT2D eigenvalue weighted by Gasteiger charge is -2.36. The summed E-state index contributed by atoms with van der Waals surface area (Å²) in [6.07, 6.45) is 2.29. The van der Waals surface area contributed by atoms with Gasteiger partial charge >= 0.3 is 0 Å². The zero-order chi connectivity index (χ0) is 17.9. The van der Waals surface area contributed by atoms with Crippen LogP contribution in [0.25, 0.3) is 0 Å². The van der Waals surface area contributed by atoms with Crippen molar-refractivity contribution in [2.45, 2.75) is 38.4 Å². The summed E-state index contributed by atoms with van der Waals surface area (Å²) in [5.41, 5.74) is 2.69. The van der Waals surface area contributed by atoms with E-state index in [1.807, 2.05) is 18.7 Å². The van der Waals surface area contributed by atoms with Gasteiger partial charge in [0.15, 0.2) is 0 Å². The van der Waals surface area contributed by atoms with E-state index in [0.29, 0.717) is 5.91 Å². The molecule has 2 aliphatic rings. The van der Waals surface area contributed by atoms with Crippen molar-refractivity contribution in [1.29, 1.82) is 0 Å². The minimum atomic E-state index is -0.216. The second-order valence-electron chi connectivity index (χ2n) is 7.73. The number of hydrogen-bond acceptors (Lipinski definition) is 4. The molecule has 2 saturated heterocycles. The molecule has 1 aromatic carbocycles. The van der Waals surface area contributed by atoms with Gasteiger partial charge in [-0.15, -0.1) is 36.6 Å². The molecule has 0 aliphatic carbocycles. The van der Waals surface area contributed by atoms with E-state index in [1.165, 1.54) is 17.7 Å². The van der Waals surface area contributed by atoms with E-state index in [-0.39, 0.29) is 29.6 Å². The Morgan fingerprint density at radius 1 is 1.04 bits per heavy atom. The number of halogens is 2. The SMILES string of the molecule is Cc1cccc(N2CCN(CCCCN3CSC(C)(C)C3=O)CC2)c1.Cl.Cl. The van der Waals surface area contributed by atoms with Crippen LogP contribution in [0.4, 0.5) is 5.69 Å². The van der Waals surface area contributed by atoms with Gasteiger partial charge in [0.05, 0.1) is 10.6 Å². The average Bonchev–Trinajstić information content (AvgIpc) is 2.86. The number of carbonyl (C=O) groups excluding carboxylic acids is 1. The van der Waals surface area contributed by atoms with Crippen molar-refractivity contribution >= 4 is 48.2 Å². The Bertz CT molecular complexity index is 607. The highest BCUT2D eigenvalue weighted by Crippen LogP contribution is 2.34. The van der Waals surface area contributed by atoms with Crippen molar-refractivity contribution in [3.8, 4) is 0 Å². The van der Waals surface area contributed by atoms with Gasteiger partial charge in [-0.2, -0.15) is 0 Å². The van der Waals surface area contributed by atoms with E-state index in [2.05, 4.69) is 41.0 Å². The van der Waals surface area contributed by atoms with Crippen LogP contribution in [-0.4, -0.2) is 65.6 Å². The van der Waals surface area contributed by atoms with Crippen molar-refractivity contribution in [2.75, 3.05) is 50.0 Å². The van der Waals surface area contributed by atoms with Gasteiger partial charge in [-0.3, -0.25) is 9.69 Å². The number of thioether (sulfide) groups is 1. The molecule has 4 nitrogen and oxygen atoms in total. The number of piperazine rings is 1. The lowest BCUT2D eigenvalue weighted by molar-refractivity contribution is -0.130. The number of rotatable bonds is 6. The number of carbonyl (C=O) groups is 1. The van der Waals surface area contributed by atoms with Crippen LogP contribution in [0.3, 0.4) is 0 Å². The highest BCUT2D eigenvalue weighted by atomic mass is 35.5. The zero-order valence-electron chi connectivity index (χ0n) is 16.6. The van der Waals surface area contributed by atoms with Crippen LogP contribution in [-0.2, 0) is 4.79 Å². The van der Waals surface area contributed by atoms with Gasteiger partial charge in [0.2, 0.25) is 5.91 Å². The van der Waals surface area contributed by atoms with E-state index in [4.69, 9.17) is 0 Å². The monoisotopic (exact) mass is 433 g/mol. The number of benzene rings is 1. The van der Waals surface area contributed by atoms with Gasteiger partial charge in [-0.1, -0.05) is 12.1 Å². The van der Waals surface area contributed by atoms with Gasteiger partial charge in [0.1, 0.15) is 0 Å². The second-order valence-corrected chi connectivity index (χ2v) is 9.29. The molecule has 2 heterocycles.